The third-order valence-corrected chi connectivity index (χ3v) is 3.64. The van der Waals surface area contributed by atoms with Gasteiger partial charge < -0.3 is 0 Å². The molecule has 8 heteroatoms. The first-order valence-corrected chi connectivity index (χ1v) is 7.65. The van der Waals surface area contributed by atoms with Gasteiger partial charge in [0.2, 0.25) is 5.95 Å². The number of nitrogens with zero attached hydrogens (tertiary/aromatic N) is 3. The summed E-state index contributed by atoms with van der Waals surface area (Å²) < 4.78 is 0. The van der Waals surface area contributed by atoms with Crippen molar-refractivity contribution >= 4 is 35.4 Å². The highest BCUT2D eigenvalue weighted by atomic mass is 35.5. The van der Waals surface area contributed by atoms with Crippen molar-refractivity contribution in [3.8, 4) is 11.3 Å². The normalized spacial score (nSPS) is 10.9. The van der Waals surface area contributed by atoms with Crippen molar-refractivity contribution in [2.45, 2.75) is 0 Å². The molecule has 3 rings (SSSR count). The summed E-state index contributed by atoms with van der Waals surface area (Å²) in [5.41, 5.74) is 3.84. The van der Waals surface area contributed by atoms with Gasteiger partial charge in [-0.3, -0.25) is 9.78 Å². The highest BCUT2D eigenvalue weighted by molar-refractivity contribution is 6.36. The molecule has 0 bridgehead atoms. The first-order chi connectivity index (χ1) is 11.6. The molecule has 3 aromatic rings. The molecule has 0 aliphatic rings. The van der Waals surface area contributed by atoms with Crippen LogP contribution in [0.2, 0.25) is 10.0 Å². The van der Waals surface area contributed by atoms with Crippen LogP contribution in [0.3, 0.4) is 0 Å². The lowest BCUT2D eigenvalue weighted by molar-refractivity contribution is 0.947. The Morgan fingerprint density at radius 1 is 1.08 bits per heavy atom. The number of rotatable bonds is 4. The lowest BCUT2D eigenvalue weighted by Gasteiger charge is -2.02. The van der Waals surface area contributed by atoms with Gasteiger partial charge in [-0.2, -0.15) is 5.10 Å². The number of anilines is 1. The predicted molar refractivity (Wildman–Crippen MR) is 95.8 cm³/mol. The zero-order valence-electron chi connectivity index (χ0n) is 12.2. The second kappa shape index (κ2) is 7.25. The molecule has 0 spiro atoms. The summed E-state index contributed by atoms with van der Waals surface area (Å²) in [5.74, 6) is 0.126. The van der Waals surface area contributed by atoms with Gasteiger partial charge in [-0.25, -0.2) is 5.43 Å². The number of hydrogen-bond acceptors (Lipinski definition) is 5. The van der Waals surface area contributed by atoms with Gasteiger partial charge in [0, 0.05) is 16.1 Å². The molecule has 1 aromatic heterocycles. The van der Waals surface area contributed by atoms with Crippen molar-refractivity contribution < 1.29 is 0 Å². The predicted octanol–water partition coefficient (Wildman–Crippen LogP) is 3.58. The maximum atomic E-state index is 12.1. The van der Waals surface area contributed by atoms with Gasteiger partial charge in [-0.15, -0.1) is 10.2 Å². The average molecular weight is 360 g/mol. The molecule has 0 amide bonds. The number of halogens is 2. The van der Waals surface area contributed by atoms with Gasteiger partial charge in [-0.1, -0.05) is 59.6 Å². The van der Waals surface area contributed by atoms with E-state index in [0.29, 0.717) is 21.2 Å². The van der Waals surface area contributed by atoms with Gasteiger partial charge >= 0.3 is 0 Å². The van der Waals surface area contributed by atoms with E-state index in [1.165, 1.54) is 6.21 Å². The molecule has 0 aliphatic carbocycles. The number of H-pyrrole nitrogens is 1. The smallest absolute Gasteiger partial charge is 0.279 e. The van der Waals surface area contributed by atoms with Crippen LogP contribution in [0.5, 0.6) is 0 Å². The summed E-state index contributed by atoms with van der Waals surface area (Å²) in [6.07, 6.45) is 1.49. The Kier molecular flexibility index (Phi) is 4.88. The fourth-order valence-electron chi connectivity index (χ4n) is 1.94. The number of benzene rings is 2. The van der Waals surface area contributed by atoms with Crippen molar-refractivity contribution in [2.24, 2.45) is 5.10 Å². The quantitative estimate of drug-likeness (QED) is 0.550. The lowest BCUT2D eigenvalue weighted by atomic mass is 10.2. The van der Waals surface area contributed by atoms with E-state index in [2.05, 4.69) is 25.7 Å². The van der Waals surface area contributed by atoms with E-state index >= 15 is 0 Å². The van der Waals surface area contributed by atoms with Gasteiger partial charge in [0.05, 0.1) is 11.2 Å². The van der Waals surface area contributed by atoms with Crippen LogP contribution < -0.4 is 11.0 Å². The minimum atomic E-state index is -0.363. The summed E-state index contributed by atoms with van der Waals surface area (Å²) in [6, 6.07) is 14.1. The summed E-state index contributed by atoms with van der Waals surface area (Å²) >= 11 is 11.9. The summed E-state index contributed by atoms with van der Waals surface area (Å²) in [4.78, 5) is 14.7. The molecule has 120 valence electrons. The van der Waals surface area contributed by atoms with Crippen molar-refractivity contribution in [3.63, 3.8) is 0 Å². The molecule has 0 radical (unpaired) electrons. The Morgan fingerprint density at radius 3 is 2.58 bits per heavy atom. The van der Waals surface area contributed by atoms with Crippen LogP contribution in [0.4, 0.5) is 5.95 Å². The largest absolute Gasteiger partial charge is 0.288 e. The molecule has 6 nitrogen and oxygen atoms in total. The number of aromatic amines is 1. The number of hydrogen-bond donors (Lipinski definition) is 2. The standard InChI is InChI=1S/C16H11Cl2N5O/c17-12-7-6-11(13(18)8-12)9-19-22-16-20-15(24)14(21-23-16)10-4-2-1-3-5-10/h1-9H,(H2,20,22,23,24). The molecule has 1 heterocycles. The zero-order chi connectivity index (χ0) is 16.9. The molecule has 0 unspecified atom stereocenters. The minimum absolute atomic E-state index is 0.126. The molecule has 0 atom stereocenters. The monoisotopic (exact) mass is 359 g/mol. The zero-order valence-corrected chi connectivity index (χ0v) is 13.7. The van der Waals surface area contributed by atoms with Crippen LogP contribution in [0.15, 0.2) is 58.4 Å². The third kappa shape index (κ3) is 3.79. The van der Waals surface area contributed by atoms with Crippen LogP contribution in [0.1, 0.15) is 5.56 Å². The van der Waals surface area contributed by atoms with Gasteiger partial charge in [0.15, 0.2) is 5.69 Å². The van der Waals surface area contributed by atoms with Crippen molar-refractivity contribution in [1.29, 1.82) is 0 Å². The van der Waals surface area contributed by atoms with Gasteiger partial charge in [0.1, 0.15) is 0 Å². The first kappa shape index (κ1) is 16.2. The Bertz CT molecular complexity index is 941. The molecule has 0 saturated carbocycles. The van der Waals surface area contributed by atoms with E-state index in [1.54, 1.807) is 30.3 Å². The first-order valence-electron chi connectivity index (χ1n) is 6.90. The number of nitrogens with one attached hydrogen (secondary N) is 2. The summed E-state index contributed by atoms with van der Waals surface area (Å²) in [7, 11) is 0. The number of aromatic nitrogens is 3. The summed E-state index contributed by atoms with van der Waals surface area (Å²) in [6.45, 7) is 0. The van der Waals surface area contributed by atoms with Crippen LogP contribution in [-0.2, 0) is 0 Å². The van der Waals surface area contributed by atoms with E-state index in [0.717, 1.165) is 0 Å². The average Bonchev–Trinajstić information content (AvgIpc) is 2.58. The molecule has 24 heavy (non-hydrogen) atoms. The molecule has 0 saturated heterocycles. The van der Waals surface area contributed by atoms with Crippen LogP contribution in [0.25, 0.3) is 11.3 Å². The Labute approximate surface area is 147 Å². The van der Waals surface area contributed by atoms with Crippen molar-refractivity contribution in [3.05, 3.63) is 74.5 Å². The molecule has 2 N–H and O–H groups in total. The molecular weight excluding hydrogens is 349 g/mol. The SMILES string of the molecule is O=c1[nH]c(NN=Cc2ccc(Cl)cc2Cl)nnc1-c1ccccc1. The van der Waals surface area contributed by atoms with Crippen LogP contribution in [0, 0.1) is 0 Å². The van der Waals surface area contributed by atoms with E-state index < -0.39 is 0 Å². The Balaban J connectivity index is 1.76. The second-order valence-electron chi connectivity index (χ2n) is 4.75. The van der Waals surface area contributed by atoms with E-state index in [4.69, 9.17) is 23.2 Å². The lowest BCUT2D eigenvalue weighted by Crippen LogP contribution is -2.15. The van der Waals surface area contributed by atoms with Crippen LogP contribution in [-0.4, -0.2) is 21.4 Å². The maximum absolute atomic E-state index is 12.1. The third-order valence-electron chi connectivity index (χ3n) is 3.08. The number of hydrazone groups is 1. The van der Waals surface area contributed by atoms with Crippen molar-refractivity contribution in [1.82, 2.24) is 15.2 Å². The van der Waals surface area contributed by atoms with Crippen LogP contribution >= 0.6 is 23.2 Å². The highest BCUT2D eigenvalue weighted by Gasteiger charge is 2.06. The molecular formula is C16H11Cl2N5O. The summed E-state index contributed by atoms with van der Waals surface area (Å²) in [5, 5.41) is 12.8. The van der Waals surface area contributed by atoms with E-state index in [9.17, 15) is 4.79 Å². The molecule has 0 fully saturated rings. The fourth-order valence-corrected chi connectivity index (χ4v) is 2.40. The molecule has 2 aromatic carbocycles. The minimum Gasteiger partial charge on any atom is -0.288 e. The van der Waals surface area contributed by atoms with E-state index in [1.807, 2.05) is 18.2 Å². The topological polar surface area (TPSA) is 83.0 Å². The van der Waals surface area contributed by atoms with Gasteiger partial charge in [0.25, 0.3) is 5.56 Å². The fraction of sp³-hybridized carbons (Fsp3) is 0. The highest BCUT2D eigenvalue weighted by Crippen LogP contribution is 2.19. The van der Waals surface area contributed by atoms with E-state index in [-0.39, 0.29) is 17.2 Å². The Hall–Kier alpha value is -2.70. The maximum Gasteiger partial charge on any atom is 0.279 e. The molecule has 0 aliphatic heterocycles. The van der Waals surface area contributed by atoms with Gasteiger partial charge in [-0.05, 0) is 12.1 Å². The Morgan fingerprint density at radius 2 is 1.88 bits per heavy atom. The van der Waals surface area contributed by atoms with Crippen molar-refractivity contribution in [2.75, 3.05) is 5.43 Å². The second-order valence-corrected chi connectivity index (χ2v) is 5.60.